The number of unbranched alkanes of at least 4 members (excludes halogenated alkanes) is 3. The van der Waals surface area contributed by atoms with Gasteiger partial charge in [0.1, 0.15) is 6.61 Å². The highest BCUT2D eigenvalue weighted by Crippen LogP contribution is 2.19. The molecule has 0 aromatic carbocycles. The normalized spacial score (nSPS) is 25.5. The average molecular weight is 304 g/mol. The van der Waals surface area contributed by atoms with Crippen LogP contribution in [0.1, 0.15) is 71.1 Å². The largest absolute Gasteiger partial charge is 0.461 e. The van der Waals surface area contributed by atoms with Gasteiger partial charge < -0.3 is 4.74 Å². The Morgan fingerprint density at radius 1 is 0.955 bits per heavy atom. The highest BCUT2D eigenvalue weighted by atomic mass is 16.5. The summed E-state index contributed by atoms with van der Waals surface area (Å²) in [6.45, 7) is 2.66. The summed E-state index contributed by atoms with van der Waals surface area (Å²) in [5.74, 6) is 0.586. The number of hydrogen-bond donors (Lipinski definition) is 0. The topological polar surface area (TPSA) is 26.3 Å². The molecule has 1 heterocycles. The minimum atomic E-state index is -0.137. The van der Waals surface area contributed by atoms with Crippen LogP contribution in [0.5, 0.6) is 0 Å². The fourth-order valence-electron chi connectivity index (χ4n) is 2.64. The number of esters is 1. The lowest BCUT2D eigenvalue weighted by atomic mass is 9.93. The lowest BCUT2D eigenvalue weighted by Gasteiger charge is -2.12. The first-order chi connectivity index (χ1) is 10.8. The lowest BCUT2D eigenvalue weighted by Crippen LogP contribution is -2.03. The van der Waals surface area contributed by atoms with Crippen LogP contribution >= 0.6 is 0 Å². The third-order valence-corrected chi connectivity index (χ3v) is 4.03. The van der Waals surface area contributed by atoms with Crippen molar-refractivity contribution in [2.75, 3.05) is 6.61 Å². The molecular weight excluding hydrogens is 272 g/mol. The minimum Gasteiger partial charge on any atom is -0.461 e. The molecule has 1 rings (SSSR count). The van der Waals surface area contributed by atoms with Crippen LogP contribution in [0.25, 0.3) is 0 Å². The molecule has 0 unspecified atom stereocenters. The first-order valence-corrected chi connectivity index (χ1v) is 8.93. The van der Waals surface area contributed by atoms with Gasteiger partial charge in [0, 0.05) is 0 Å². The third-order valence-electron chi connectivity index (χ3n) is 4.03. The summed E-state index contributed by atoms with van der Waals surface area (Å²) < 4.78 is 5.17. The van der Waals surface area contributed by atoms with Gasteiger partial charge in [0.2, 0.25) is 0 Å². The molecule has 1 aliphatic rings. The maximum atomic E-state index is 11.5. The molecule has 0 radical (unpaired) electrons. The zero-order valence-corrected chi connectivity index (χ0v) is 14.1. The highest BCUT2D eigenvalue weighted by molar-refractivity contribution is 5.71. The van der Waals surface area contributed by atoms with E-state index in [9.17, 15) is 4.79 Å². The molecule has 0 aliphatic carbocycles. The van der Waals surface area contributed by atoms with Crippen molar-refractivity contribution in [3.05, 3.63) is 36.5 Å². The second-order valence-corrected chi connectivity index (χ2v) is 6.07. The predicted octanol–water partition coefficient (Wildman–Crippen LogP) is 5.75. The molecule has 0 spiro atoms. The Kier molecular flexibility index (Phi) is 11.4. The fourth-order valence-corrected chi connectivity index (χ4v) is 2.64. The number of allylic oxidation sites excluding steroid dienone is 4. The molecule has 0 aromatic rings. The standard InChI is InChI=1S/C20H32O2/c1-2-3-4-9-14-19-15-10-7-5-6-8-11-17-20(21)22-18-13-12-16-19/h7-8,10-13,19H,2-6,9,14-18H2,1H3/b10-7-,11-8-,13-12-/t19-/m0/s1. The van der Waals surface area contributed by atoms with Gasteiger partial charge in [0.25, 0.3) is 0 Å². The van der Waals surface area contributed by atoms with Crippen LogP contribution in [0.15, 0.2) is 36.5 Å². The Labute approximate surface area is 136 Å². The Bertz CT molecular complexity index is 366. The summed E-state index contributed by atoms with van der Waals surface area (Å²) in [7, 11) is 0. The van der Waals surface area contributed by atoms with Gasteiger partial charge in [0.05, 0.1) is 6.42 Å². The zero-order chi connectivity index (χ0) is 15.9. The van der Waals surface area contributed by atoms with Crippen LogP contribution < -0.4 is 0 Å². The average Bonchev–Trinajstić information content (AvgIpc) is 2.52. The third kappa shape index (κ3) is 10.4. The van der Waals surface area contributed by atoms with E-state index in [0.29, 0.717) is 13.0 Å². The molecule has 0 saturated heterocycles. The van der Waals surface area contributed by atoms with Gasteiger partial charge in [-0.3, -0.25) is 4.79 Å². The van der Waals surface area contributed by atoms with E-state index in [-0.39, 0.29) is 5.97 Å². The van der Waals surface area contributed by atoms with Crippen molar-refractivity contribution in [1.29, 1.82) is 0 Å². The summed E-state index contributed by atoms with van der Waals surface area (Å²) in [5.41, 5.74) is 0. The maximum absolute atomic E-state index is 11.5. The van der Waals surface area contributed by atoms with Gasteiger partial charge in [-0.15, -0.1) is 0 Å². The van der Waals surface area contributed by atoms with E-state index in [2.05, 4.69) is 31.2 Å². The number of carbonyl (C=O) groups excluding carboxylic acids is 1. The second kappa shape index (κ2) is 13.4. The quantitative estimate of drug-likeness (QED) is 0.367. The molecule has 22 heavy (non-hydrogen) atoms. The van der Waals surface area contributed by atoms with Crippen LogP contribution in [0, 0.1) is 5.92 Å². The Hall–Kier alpha value is -1.31. The van der Waals surface area contributed by atoms with Crippen molar-refractivity contribution in [2.45, 2.75) is 71.1 Å². The van der Waals surface area contributed by atoms with E-state index in [1.807, 2.05) is 12.2 Å². The monoisotopic (exact) mass is 304 g/mol. The fraction of sp³-hybridized carbons (Fsp3) is 0.650. The Morgan fingerprint density at radius 3 is 2.45 bits per heavy atom. The molecule has 0 bridgehead atoms. The molecule has 1 aliphatic heterocycles. The molecule has 1 atom stereocenters. The number of carbonyl (C=O) groups is 1. The molecule has 0 aromatic heterocycles. The van der Waals surface area contributed by atoms with E-state index in [4.69, 9.17) is 4.74 Å². The van der Waals surface area contributed by atoms with Crippen LogP contribution in [-0.2, 0) is 9.53 Å². The van der Waals surface area contributed by atoms with Gasteiger partial charge in [0.15, 0.2) is 0 Å². The van der Waals surface area contributed by atoms with Crippen molar-refractivity contribution in [1.82, 2.24) is 0 Å². The van der Waals surface area contributed by atoms with E-state index < -0.39 is 0 Å². The van der Waals surface area contributed by atoms with Gasteiger partial charge in [-0.2, -0.15) is 0 Å². The van der Waals surface area contributed by atoms with Crippen molar-refractivity contribution in [3.8, 4) is 0 Å². The molecule has 2 heteroatoms. The van der Waals surface area contributed by atoms with Crippen molar-refractivity contribution in [2.24, 2.45) is 5.92 Å². The second-order valence-electron chi connectivity index (χ2n) is 6.07. The lowest BCUT2D eigenvalue weighted by molar-refractivity contribution is -0.141. The molecule has 0 fully saturated rings. The molecule has 0 N–H and O–H groups in total. The first-order valence-electron chi connectivity index (χ1n) is 8.93. The highest BCUT2D eigenvalue weighted by Gasteiger charge is 2.05. The predicted molar refractivity (Wildman–Crippen MR) is 93.7 cm³/mol. The van der Waals surface area contributed by atoms with E-state index >= 15 is 0 Å². The SMILES string of the molecule is CCCCCC[C@H]1C/C=C\CC/C=C\CC(=O)OC/C=C\C1. The van der Waals surface area contributed by atoms with E-state index in [1.165, 1.54) is 38.5 Å². The van der Waals surface area contributed by atoms with Crippen molar-refractivity contribution >= 4 is 5.97 Å². The van der Waals surface area contributed by atoms with Crippen molar-refractivity contribution < 1.29 is 9.53 Å². The van der Waals surface area contributed by atoms with E-state index in [0.717, 1.165) is 25.2 Å². The molecule has 124 valence electrons. The summed E-state index contributed by atoms with van der Waals surface area (Å²) in [6, 6.07) is 0. The number of cyclic esters (lactones) is 1. The summed E-state index contributed by atoms with van der Waals surface area (Å²) in [5, 5.41) is 0. The Balaban J connectivity index is 2.44. The van der Waals surface area contributed by atoms with Gasteiger partial charge in [-0.25, -0.2) is 0 Å². The van der Waals surface area contributed by atoms with Gasteiger partial charge >= 0.3 is 5.97 Å². The van der Waals surface area contributed by atoms with Crippen molar-refractivity contribution in [3.63, 3.8) is 0 Å². The number of rotatable bonds is 5. The maximum Gasteiger partial charge on any atom is 0.309 e. The van der Waals surface area contributed by atoms with Gasteiger partial charge in [-0.1, -0.05) is 69.1 Å². The summed E-state index contributed by atoms with van der Waals surface area (Å²) in [4.78, 5) is 11.5. The minimum absolute atomic E-state index is 0.137. The Morgan fingerprint density at radius 2 is 1.68 bits per heavy atom. The zero-order valence-electron chi connectivity index (χ0n) is 14.1. The molecule has 0 saturated carbocycles. The smallest absolute Gasteiger partial charge is 0.309 e. The number of hydrogen-bond acceptors (Lipinski definition) is 2. The molecular formula is C20H32O2. The number of ether oxygens (including phenoxy) is 1. The summed E-state index contributed by atoms with van der Waals surface area (Å²) in [6.07, 6.45) is 24.1. The van der Waals surface area contributed by atoms with Crippen LogP contribution in [0.3, 0.4) is 0 Å². The summed E-state index contributed by atoms with van der Waals surface area (Å²) >= 11 is 0. The molecule has 0 amide bonds. The van der Waals surface area contributed by atoms with Gasteiger partial charge in [-0.05, 0) is 38.0 Å². The van der Waals surface area contributed by atoms with Crippen LogP contribution in [0.2, 0.25) is 0 Å². The van der Waals surface area contributed by atoms with Crippen LogP contribution in [0.4, 0.5) is 0 Å². The van der Waals surface area contributed by atoms with E-state index in [1.54, 1.807) is 0 Å². The van der Waals surface area contributed by atoms with Crippen LogP contribution in [-0.4, -0.2) is 12.6 Å². The molecule has 2 nitrogen and oxygen atoms in total. The first kappa shape index (κ1) is 18.7.